The second-order valence-corrected chi connectivity index (χ2v) is 9.42. The van der Waals surface area contributed by atoms with Crippen LogP contribution in [0.2, 0.25) is 5.02 Å². The number of urea groups is 1. The molecule has 0 unspecified atom stereocenters. The number of methoxy groups -OCH3 is 1. The van der Waals surface area contributed by atoms with Crippen LogP contribution in [0.4, 0.5) is 40.8 Å². The first-order valence-corrected chi connectivity index (χ1v) is 12.6. The molecule has 0 saturated heterocycles. The van der Waals surface area contributed by atoms with Crippen LogP contribution >= 0.6 is 11.6 Å². The predicted molar refractivity (Wildman–Crippen MR) is 149 cm³/mol. The van der Waals surface area contributed by atoms with Crippen LogP contribution in [0.3, 0.4) is 0 Å². The SMILES string of the molecule is COc1ccc(Cn2ncc3c2NC(=O)CC(c2ccc(NC(=O)Nc4ccc(Cl)c(C(F)(F)F)c4)cc2)=N3)cc1. The van der Waals surface area contributed by atoms with Gasteiger partial charge in [-0.15, -0.1) is 0 Å². The largest absolute Gasteiger partial charge is 0.497 e. The van der Waals surface area contributed by atoms with Crippen LogP contribution in [0, 0.1) is 0 Å². The molecule has 1 aliphatic rings. The van der Waals surface area contributed by atoms with E-state index in [1.165, 1.54) is 6.07 Å². The standard InChI is InChI=1S/C28H22ClF3N6O3/c1-41-20-9-2-16(3-10-20)15-38-26-24(14-33-38)36-23(13-25(39)37-26)17-4-6-18(7-5-17)34-27(40)35-19-8-11-22(29)21(12-19)28(30,31)32/h2-12,14H,13,15H2,1H3,(H,37,39)(H2,34,35,40). The smallest absolute Gasteiger partial charge is 0.417 e. The molecular weight excluding hydrogens is 561 g/mol. The molecule has 1 aliphatic heterocycles. The van der Waals surface area contributed by atoms with Crippen molar-refractivity contribution in [3.05, 3.63) is 94.6 Å². The summed E-state index contributed by atoms with van der Waals surface area (Å²) >= 11 is 5.63. The number of rotatable bonds is 6. The number of alkyl halides is 3. The van der Waals surface area contributed by atoms with Gasteiger partial charge in [0.15, 0.2) is 5.82 Å². The second kappa shape index (κ2) is 11.3. The van der Waals surface area contributed by atoms with Gasteiger partial charge in [-0.05, 0) is 53.6 Å². The third-order valence-corrected chi connectivity index (χ3v) is 6.49. The molecule has 9 nitrogen and oxygen atoms in total. The molecule has 0 aliphatic carbocycles. The van der Waals surface area contributed by atoms with Gasteiger partial charge in [-0.25, -0.2) is 14.5 Å². The Bertz CT molecular complexity index is 1630. The number of aliphatic imine (C=N–C) groups is 1. The van der Waals surface area contributed by atoms with Crippen molar-refractivity contribution in [3.8, 4) is 5.75 Å². The number of hydrogen-bond donors (Lipinski definition) is 3. The first-order chi connectivity index (χ1) is 19.6. The summed E-state index contributed by atoms with van der Waals surface area (Å²) in [5.41, 5.74) is 1.87. The number of nitrogens with one attached hydrogen (secondary N) is 3. The topological polar surface area (TPSA) is 110 Å². The molecule has 13 heteroatoms. The lowest BCUT2D eigenvalue weighted by atomic mass is 10.1. The van der Waals surface area contributed by atoms with Crippen molar-refractivity contribution in [1.29, 1.82) is 0 Å². The molecule has 3 N–H and O–H groups in total. The van der Waals surface area contributed by atoms with E-state index in [-0.39, 0.29) is 18.0 Å². The lowest BCUT2D eigenvalue weighted by Gasteiger charge is -2.12. The molecule has 1 aromatic heterocycles. The molecule has 41 heavy (non-hydrogen) atoms. The fraction of sp³-hybridized carbons (Fsp3) is 0.143. The summed E-state index contributed by atoms with van der Waals surface area (Å²) in [6.07, 6.45) is -3.07. The molecule has 0 bridgehead atoms. The maximum absolute atomic E-state index is 13.1. The Kier molecular flexibility index (Phi) is 7.66. The third kappa shape index (κ3) is 6.49. The number of carbonyl (C=O) groups excluding carboxylic acids is 2. The van der Waals surface area contributed by atoms with E-state index in [9.17, 15) is 22.8 Å². The Morgan fingerprint density at radius 3 is 2.41 bits per heavy atom. The molecule has 0 saturated carbocycles. The van der Waals surface area contributed by atoms with E-state index >= 15 is 0 Å². The third-order valence-electron chi connectivity index (χ3n) is 6.16. The van der Waals surface area contributed by atoms with Gasteiger partial charge in [0.1, 0.15) is 11.4 Å². The highest BCUT2D eigenvalue weighted by atomic mass is 35.5. The van der Waals surface area contributed by atoms with Crippen LogP contribution in [-0.2, 0) is 17.5 Å². The molecule has 0 spiro atoms. The molecular formula is C28H22ClF3N6O3. The predicted octanol–water partition coefficient (Wildman–Crippen LogP) is 6.72. The number of halogens is 4. The number of fused-ring (bicyclic) bond motifs is 1. The molecule has 3 aromatic carbocycles. The normalized spacial score (nSPS) is 13.0. The van der Waals surface area contributed by atoms with E-state index < -0.39 is 22.8 Å². The number of amides is 3. The van der Waals surface area contributed by atoms with E-state index in [2.05, 4.69) is 26.0 Å². The highest BCUT2D eigenvalue weighted by Gasteiger charge is 2.33. The van der Waals surface area contributed by atoms with E-state index in [0.717, 1.165) is 23.4 Å². The molecule has 210 valence electrons. The van der Waals surface area contributed by atoms with Gasteiger partial charge in [0, 0.05) is 11.4 Å². The van der Waals surface area contributed by atoms with E-state index in [4.69, 9.17) is 16.3 Å². The minimum absolute atomic E-state index is 0.0165. The number of hydrogen-bond acceptors (Lipinski definition) is 5. The summed E-state index contributed by atoms with van der Waals surface area (Å²) in [6.45, 7) is 0.417. The quantitative estimate of drug-likeness (QED) is 0.234. The summed E-state index contributed by atoms with van der Waals surface area (Å²) in [6, 6.07) is 16.4. The van der Waals surface area contributed by atoms with Crippen LogP contribution < -0.4 is 20.7 Å². The average molecular weight is 583 g/mol. The minimum Gasteiger partial charge on any atom is -0.497 e. The zero-order valence-corrected chi connectivity index (χ0v) is 22.2. The van der Waals surface area contributed by atoms with Gasteiger partial charge in [-0.3, -0.25) is 4.79 Å². The fourth-order valence-electron chi connectivity index (χ4n) is 4.15. The first kappa shape index (κ1) is 27.7. The highest BCUT2D eigenvalue weighted by Crippen LogP contribution is 2.36. The van der Waals surface area contributed by atoms with E-state index in [0.29, 0.717) is 35.0 Å². The van der Waals surface area contributed by atoms with Crippen molar-refractivity contribution in [2.24, 2.45) is 4.99 Å². The number of carbonyl (C=O) groups is 2. The van der Waals surface area contributed by atoms with Gasteiger partial charge in [-0.2, -0.15) is 18.3 Å². The van der Waals surface area contributed by atoms with Crippen LogP contribution in [0.15, 0.2) is 77.9 Å². The Hall–Kier alpha value is -4.84. The van der Waals surface area contributed by atoms with Crippen molar-refractivity contribution in [2.75, 3.05) is 23.1 Å². The average Bonchev–Trinajstić information content (AvgIpc) is 3.20. The lowest BCUT2D eigenvalue weighted by molar-refractivity contribution is -0.137. The number of nitrogens with zero attached hydrogens (tertiary/aromatic N) is 3. The molecule has 2 heterocycles. The highest BCUT2D eigenvalue weighted by molar-refractivity contribution is 6.31. The molecule has 3 amide bonds. The molecule has 0 radical (unpaired) electrons. The van der Waals surface area contributed by atoms with E-state index in [1.807, 2.05) is 24.3 Å². The van der Waals surface area contributed by atoms with Gasteiger partial charge in [0.05, 0.1) is 42.6 Å². The monoisotopic (exact) mass is 582 g/mol. The Balaban J connectivity index is 1.28. The van der Waals surface area contributed by atoms with Crippen molar-refractivity contribution in [2.45, 2.75) is 19.1 Å². The summed E-state index contributed by atoms with van der Waals surface area (Å²) in [7, 11) is 1.59. The molecule has 5 rings (SSSR count). The van der Waals surface area contributed by atoms with Crippen LogP contribution in [0.1, 0.15) is 23.1 Å². The fourth-order valence-corrected chi connectivity index (χ4v) is 4.37. The summed E-state index contributed by atoms with van der Waals surface area (Å²) in [4.78, 5) is 29.8. The van der Waals surface area contributed by atoms with Gasteiger partial charge >= 0.3 is 12.2 Å². The second-order valence-electron chi connectivity index (χ2n) is 9.02. The Morgan fingerprint density at radius 1 is 1.05 bits per heavy atom. The first-order valence-electron chi connectivity index (χ1n) is 12.2. The van der Waals surface area contributed by atoms with Gasteiger partial charge < -0.3 is 20.7 Å². The number of benzene rings is 3. The van der Waals surface area contributed by atoms with E-state index in [1.54, 1.807) is 42.3 Å². The maximum Gasteiger partial charge on any atom is 0.417 e. The summed E-state index contributed by atoms with van der Waals surface area (Å²) in [5, 5.41) is 11.7. The minimum atomic E-state index is -4.66. The Labute approximate surface area is 237 Å². The van der Waals surface area contributed by atoms with Crippen molar-refractivity contribution >= 4 is 52.1 Å². The van der Waals surface area contributed by atoms with Crippen molar-refractivity contribution in [3.63, 3.8) is 0 Å². The summed E-state index contributed by atoms with van der Waals surface area (Å²) in [5.74, 6) is 0.951. The lowest BCUT2D eigenvalue weighted by Crippen LogP contribution is -2.20. The van der Waals surface area contributed by atoms with Crippen LogP contribution in [0.25, 0.3) is 0 Å². The Morgan fingerprint density at radius 2 is 1.73 bits per heavy atom. The number of aromatic nitrogens is 2. The van der Waals surface area contributed by atoms with Crippen LogP contribution in [-0.4, -0.2) is 34.5 Å². The molecule has 4 aromatic rings. The van der Waals surface area contributed by atoms with Gasteiger partial charge in [-0.1, -0.05) is 35.9 Å². The zero-order valence-electron chi connectivity index (χ0n) is 21.4. The van der Waals surface area contributed by atoms with Gasteiger partial charge in [0.2, 0.25) is 5.91 Å². The molecule has 0 atom stereocenters. The number of anilines is 3. The van der Waals surface area contributed by atoms with Crippen molar-refractivity contribution < 1.29 is 27.5 Å². The number of ether oxygens (including phenoxy) is 1. The van der Waals surface area contributed by atoms with Gasteiger partial charge in [0.25, 0.3) is 0 Å². The summed E-state index contributed by atoms with van der Waals surface area (Å²) < 4.78 is 46.1. The zero-order chi connectivity index (χ0) is 29.1. The van der Waals surface area contributed by atoms with Crippen LogP contribution in [0.5, 0.6) is 5.75 Å². The maximum atomic E-state index is 13.1. The molecule has 0 fully saturated rings. The van der Waals surface area contributed by atoms with Crippen molar-refractivity contribution in [1.82, 2.24) is 9.78 Å².